The lowest BCUT2D eigenvalue weighted by atomic mass is 10.2. The van der Waals surface area contributed by atoms with Crippen LogP contribution in [0.4, 0.5) is 0 Å². The van der Waals surface area contributed by atoms with Gasteiger partial charge in [0.15, 0.2) is 0 Å². The molecular formula is C15H19NO3. The largest absolute Gasteiger partial charge is 0.492 e. The standard InChI is InChI=1S/C15H19NO3/c1-12-4-2-5-13(10-12)18-9-7-16-11-14(17)15-6-3-8-19-15/h2-6,8,10,14,16-17H,7,9,11H2,1H3. The molecule has 0 amide bonds. The lowest BCUT2D eigenvalue weighted by molar-refractivity contribution is 0.145. The quantitative estimate of drug-likeness (QED) is 0.751. The molecule has 4 heteroatoms. The molecule has 19 heavy (non-hydrogen) atoms. The first-order valence-electron chi connectivity index (χ1n) is 6.37. The van der Waals surface area contributed by atoms with Gasteiger partial charge in [-0.25, -0.2) is 0 Å². The number of benzene rings is 1. The molecule has 0 radical (unpaired) electrons. The summed E-state index contributed by atoms with van der Waals surface area (Å²) in [5.74, 6) is 1.44. The van der Waals surface area contributed by atoms with Gasteiger partial charge in [-0.3, -0.25) is 0 Å². The number of hydrogen-bond donors (Lipinski definition) is 2. The van der Waals surface area contributed by atoms with Crippen LogP contribution in [0.2, 0.25) is 0 Å². The number of hydrogen-bond acceptors (Lipinski definition) is 4. The summed E-state index contributed by atoms with van der Waals surface area (Å²) in [6.45, 7) is 3.72. The van der Waals surface area contributed by atoms with Crippen LogP contribution in [0.3, 0.4) is 0 Å². The molecule has 0 aliphatic heterocycles. The Morgan fingerprint density at radius 1 is 1.32 bits per heavy atom. The molecule has 2 N–H and O–H groups in total. The molecular weight excluding hydrogens is 242 g/mol. The molecule has 0 saturated carbocycles. The van der Waals surface area contributed by atoms with Crippen molar-refractivity contribution >= 4 is 0 Å². The molecule has 0 saturated heterocycles. The van der Waals surface area contributed by atoms with Crippen LogP contribution in [0.5, 0.6) is 5.75 Å². The van der Waals surface area contributed by atoms with Gasteiger partial charge in [0.2, 0.25) is 0 Å². The van der Waals surface area contributed by atoms with Crippen molar-refractivity contribution in [1.29, 1.82) is 0 Å². The Balaban J connectivity index is 1.62. The van der Waals surface area contributed by atoms with E-state index in [4.69, 9.17) is 9.15 Å². The second-order valence-electron chi connectivity index (χ2n) is 4.40. The third-order valence-corrected chi connectivity index (χ3v) is 2.75. The maximum atomic E-state index is 9.77. The summed E-state index contributed by atoms with van der Waals surface area (Å²) in [6, 6.07) is 11.5. The summed E-state index contributed by atoms with van der Waals surface area (Å²) >= 11 is 0. The minimum absolute atomic E-state index is 0.449. The molecule has 0 aliphatic carbocycles. The van der Waals surface area contributed by atoms with Gasteiger partial charge in [0, 0.05) is 13.1 Å². The van der Waals surface area contributed by atoms with Crippen LogP contribution >= 0.6 is 0 Å². The number of ether oxygens (including phenoxy) is 1. The molecule has 4 nitrogen and oxygen atoms in total. The number of aliphatic hydroxyl groups is 1. The Morgan fingerprint density at radius 2 is 2.21 bits per heavy atom. The highest BCUT2D eigenvalue weighted by molar-refractivity contribution is 5.27. The molecule has 1 unspecified atom stereocenters. The van der Waals surface area contributed by atoms with Crippen molar-refractivity contribution in [2.45, 2.75) is 13.0 Å². The van der Waals surface area contributed by atoms with Gasteiger partial charge in [-0.1, -0.05) is 12.1 Å². The Bertz CT molecular complexity index is 482. The van der Waals surface area contributed by atoms with Crippen LogP contribution in [0.1, 0.15) is 17.4 Å². The molecule has 0 aliphatic rings. The van der Waals surface area contributed by atoms with Crippen molar-refractivity contribution in [3.05, 3.63) is 54.0 Å². The highest BCUT2D eigenvalue weighted by atomic mass is 16.5. The van der Waals surface area contributed by atoms with Crippen molar-refractivity contribution in [3.8, 4) is 5.75 Å². The van der Waals surface area contributed by atoms with Gasteiger partial charge in [-0.2, -0.15) is 0 Å². The van der Waals surface area contributed by atoms with Crippen molar-refractivity contribution < 1.29 is 14.3 Å². The van der Waals surface area contributed by atoms with E-state index in [1.807, 2.05) is 31.2 Å². The molecule has 2 aromatic rings. The van der Waals surface area contributed by atoms with Crippen molar-refractivity contribution in [2.75, 3.05) is 19.7 Å². The van der Waals surface area contributed by atoms with E-state index in [9.17, 15) is 5.11 Å². The van der Waals surface area contributed by atoms with Crippen LogP contribution in [-0.4, -0.2) is 24.8 Å². The van der Waals surface area contributed by atoms with Gasteiger partial charge in [0.25, 0.3) is 0 Å². The summed E-state index contributed by atoms with van der Waals surface area (Å²) < 4.78 is 10.7. The van der Waals surface area contributed by atoms with E-state index in [1.165, 1.54) is 5.56 Å². The van der Waals surface area contributed by atoms with Crippen LogP contribution in [0, 0.1) is 6.92 Å². The third kappa shape index (κ3) is 4.43. The molecule has 0 bridgehead atoms. The monoisotopic (exact) mass is 261 g/mol. The average Bonchev–Trinajstić information content (AvgIpc) is 2.92. The first-order chi connectivity index (χ1) is 9.25. The molecule has 0 spiro atoms. The molecule has 2 rings (SSSR count). The van der Waals surface area contributed by atoms with E-state index < -0.39 is 6.10 Å². The second-order valence-corrected chi connectivity index (χ2v) is 4.40. The van der Waals surface area contributed by atoms with Crippen LogP contribution in [0.15, 0.2) is 47.1 Å². The van der Waals surface area contributed by atoms with Crippen molar-refractivity contribution in [1.82, 2.24) is 5.32 Å². The van der Waals surface area contributed by atoms with Crippen LogP contribution < -0.4 is 10.1 Å². The van der Waals surface area contributed by atoms with E-state index in [1.54, 1.807) is 18.4 Å². The van der Waals surface area contributed by atoms with Gasteiger partial charge in [-0.15, -0.1) is 0 Å². The fourth-order valence-electron chi connectivity index (χ4n) is 1.77. The molecule has 1 aromatic carbocycles. The minimum atomic E-state index is -0.617. The zero-order valence-corrected chi connectivity index (χ0v) is 11.0. The SMILES string of the molecule is Cc1cccc(OCCNCC(O)c2ccco2)c1. The average molecular weight is 261 g/mol. The molecule has 1 aromatic heterocycles. The van der Waals surface area contributed by atoms with E-state index >= 15 is 0 Å². The number of nitrogens with one attached hydrogen (secondary N) is 1. The smallest absolute Gasteiger partial charge is 0.133 e. The Hall–Kier alpha value is -1.78. The fourth-order valence-corrected chi connectivity index (χ4v) is 1.77. The van der Waals surface area contributed by atoms with E-state index in [0.717, 1.165) is 5.75 Å². The maximum absolute atomic E-state index is 9.77. The van der Waals surface area contributed by atoms with Gasteiger partial charge in [-0.05, 0) is 36.8 Å². The van der Waals surface area contributed by atoms with Crippen molar-refractivity contribution in [3.63, 3.8) is 0 Å². The van der Waals surface area contributed by atoms with E-state index in [2.05, 4.69) is 5.32 Å². The second kappa shape index (κ2) is 6.97. The summed E-state index contributed by atoms with van der Waals surface area (Å²) in [5.41, 5.74) is 1.18. The number of aryl methyl sites for hydroxylation is 1. The number of rotatable bonds is 7. The molecule has 102 valence electrons. The van der Waals surface area contributed by atoms with Gasteiger partial charge >= 0.3 is 0 Å². The Kier molecular flexibility index (Phi) is 5.01. The Labute approximate surface area is 113 Å². The van der Waals surface area contributed by atoms with Crippen LogP contribution in [-0.2, 0) is 0 Å². The molecule has 1 heterocycles. The van der Waals surface area contributed by atoms with Gasteiger partial charge < -0.3 is 19.6 Å². The highest BCUT2D eigenvalue weighted by Gasteiger charge is 2.08. The van der Waals surface area contributed by atoms with Crippen LogP contribution in [0.25, 0.3) is 0 Å². The predicted molar refractivity (Wildman–Crippen MR) is 73.2 cm³/mol. The number of furan rings is 1. The fraction of sp³-hybridized carbons (Fsp3) is 0.333. The van der Waals surface area contributed by atoms with E-state index in [0.29, 0.717) is 25.5 Å². The first-order valence-corrected chi connectivity index (χ1v) is 6.37. The van der Waals surface area contributed by atoms with Gasteiger partial charge in [0.05, 0.1) is 6.26 Å². The summed E-state index contributed by atoms with van der Waals surface area (Å²) in [6.07, 6.45) is 0.938. The third-order valence-electron chi connectivity index (χ3n) is 2.75. The first kappa shape index (κ1) is 13.6. The Morgan fingerprint density at radius 3 is 2.95 bits per heavy atom. The van der Waals surface area contributed by atoms with Crippen molar-refractivity contribution in [2.24, 2.45) is 0 Å². The summed E-state index contributed by atoms with van der Waals surface area (Å²) in [4.78, 5) is 0. The zero-order valence-electron chi connectivity index (χ0n) is 11.0. The topological polar surface area (TPSA) is 54.6 Å². The number of aliphatic hydroxyl groups excluding tert-OH is 1. The summed E-state index contributed by atoms with van der Waals surface area (Å²) in [7, 11) is 0. The highest BCUT2D eigenvalue weighted by Crippen LogP contribution is 2.12. The lowest BCUT2D eigenvalue weighted by Crippen LogP contribution is -2.26. The molecule has 1 atom stereocenters. The normalized spacial score (nSPS) is 12.3. The van der Waals surface area contributed by atoms with Gasteiger partial charge in [0.1, 0.15) is 24.2 Å². The zero-order chi connectivity index (χ0) is 13.5. The van der Waals surface area contributed by atoms with E-state index in [-0.39, 0.29) is 0 Å². The summed E-state index contributed by atoms with van der Waals surface area (Å²) in [5, 5.41) is 12.9. The predicted octanol–water partition coefficient (Wildman–Crippen LogP) is 2.29. The maximum Gasteiger partial charge on any atom is 0.133 e. The lowest BCUT2D eigenvalue weighted by Gasteiger charge is -2.10. The minimum Gasteiger partial charge on any atom is -0.492 e. The molecule has 0 fully saturated rings.